The van der Waals surface area contributed by atoms with Crippen LogP contribution in [0.2, 0.25) is 5.02 Å². The van der Waals surface area contributed by atoms with Gasteiger partial charge in [-0.05, 0) is 18.1 Å². The highest BCUT2D eigenvalue weighted by Crippen LogP contribution is 2.53. The quantitative estimate of drug-likeness (QED) is 0.627. The Balaban J connectivity index is 2.33. The smallest absolute Gasteiger partial charge is 0.188 e. The molecule has 0 aliphatic carbocycles. The van der Waals surface area contributed by atoms with Crippen LogP contribution in [-0.2, 0) is 6.42 Å². The summed E-state index contributed by atoms with van der Waals surface area (Å²) in [5, 5.41) is 0.736. The van der Waals surface area contributed by atoms with Crippen LogP contribution < -0.4 is 4.74 Å². The molecule has 0 unspecified atom stereocenters. The van der Waals surface area contributed by atoms with Crippen LogP contribution in [0, 0.1) is 0 Å². The van der Waals surface area contributed by atoms with E-state index in [-0.39, 0.29) is 0 Å². The lowest BCUT2D eigenvalue weighted by Gasteiger charge is -1.91. The minimum Gasteiger partial charge on any atom is -0.448 e. The molecule has 1 aromatic rings. The van der Waals surface area contributed by atoms with Gasteiger partial charge in [-0.3, -0.25) is 0 Å². The molecule has 0 saturated heterocycles. The maximum Gasteiger partial charge on any atom is 0.188 e. The molecule has 0 radical (unpaired) electrons. The number of ether oxygens (including phenoxy) is 1. The van der Waals surface area contributed by atoms with Gasteiger partial charge in [-0.25, -0.2) is 0 Å². The van der Waals surface area contributed by atoms with Crippen molar-refractivity contribution in [3.8, 4) is 11.5 Å². The molecule has 0 aromatic heterocycles. The monoisotopic (exact) mass is 168 g/mol. The third-order valence-corrected chi connectivity index (χ3v) is 2.13. The summed E-state index contributed by atoms with van der Waals surface area (Å²) < 4.78 is 5.22. The Hall–Kier alpha value is -0.690. The van der Waals surface area contributed by atoms with Crippen LogP contribution >= 0.6 is 11.6 Å². The molecule has 2 heteroatoms. The largest absolute Gasteiger partial charge is 0.448 e. The molecule has 1 aromatic carbocycles. The topological polar surface area (TPSA) is 12.5 Å². The van der Waals surface area contributed by atoms with Gasteiger partial charge in [-0.2, -0.15) is 0 Å². The first-order valence-corrected chi connectivity index (χ1v) is 4.20. The van der Waals surface area contributed by atoms with Gasteiger partial charge in [0.1, 0.15) is 0 Å². The number of rotatable bonds is 2. The van der Waals surface area contributed by atoms with Crippen molar-refractivity contribution in [1.82, 2.24) is 0 Å². The Bertz CT molecular complexity index is 294. The Morgan fingerprint density at radius 1 is 1.36 bits per heavy atom. The summed E-state index contributed by atoms with van der Waals surface area (Å²) in [6, 6.07) is 3.94. The van der Waals surface area contributed by atoms with Crippen molar-refractivity contribution >= 4 is 11.6 Å². The van der Waals surface area contributed by atoms with E-state index in [9.17, 15) is 0 Å². The SMILES string of the molecule is CCCc1ccc(Cl)c2c1O2. The molecule has 11 heavy (non-hydrogen) atoms. The summed E-state index contributed by atoms with van der Waals surface area (Å²) >= 11 is 5.81. The lowest BCUT2D eigenvalue weighted by molar-refractivity contribution is 0.642. The van der Waals surface area contributed by atoms with Crippen molar-refractivity contribution < 1.29 is 4.74 Å². The fourth-order valence-electron chi connectivity index (χ4n) is 1.24. The predicted molar refractivity (Wildman–Crippen MR) is 45.5 cm³/mol. The second-order valence-corrected chi connectivity index (χ2v) is 3.12. The number of hydrogen-bond acceptors (Lipinski definition) is 1. The standard InChI is InChI=1S/C9H9ClO/c1-2-3-6-4-5-7(10)9-8(6)11-9/h4-5H,2-3H2,1H3. The number of halogens is 1. The molecule has 0 saturated carbocycles. The van der Waals surface area contributed by atoms with Crippen LogP contribution in [0.25, 0.3) is 0 Å². The lowest BCUT2D eigenvalue weighted by atomic mass is 10.1. The van der Waals surface area contributed by atoms with Crippen LogP contribution in [0.4, 0.5) is 0 Å². The van der Waals surface area contributed by atoms with Crippen molar-refractivity contribution in [2.45, 2.75) is 19.8 Å². The molecule has 0 fully saturated rings. The third kappa shape index (κ3) is 1.10. The first-order valence-electron chi connectivity index (χ1n) is 3.82. The Morgan fingerprint density at radius 3 is 2.91 bits per heavy atom. The summed E-state index contributed by atoms with van der Waals surface area (Å²) in [7, 11) is 0. The number of hydrogen-bond donors (Lipinski definition) is 0. The minimum absolute atomic E-state index is 0.736. The van der Waals surface area contributed by atoms with Gasteiger partial charge in [0.25, 0.3) is 0 Å². The summed E-state index contributed by atoms with van der Waals surface area (Å²) in [6.45, 7) is 2.16. The molecule has 0 N–H and O–H groups in total. The van der Waals surface area contributed by atoms with Crippen LogP contribution in [0.1, 0.15) is 18.9 Å². The van der Waals surface area contributed by atoms with E-state index in [4.69, 9.17) is 16.3 Å². The first-order chi connectivity index (χ1) is 5.33. The van der Waals surface area contributed by atoms with Crippen LogP contribution in [0.15, 0.2) is 12.1 Å². The average molecular weight is 169 g/mol. The fraction of sp³-hybridized carbons (Fsp3) is 0.333. The average Bonchev–Trinajstić information content (AvgIpc) is 2.75. The van der Waals surface area contributed by atoms with Crippen molar-refractivity contribution in [2.75, 3.05) is 0 Å². The normalized spacial score (nSPS) is 12.2. The number of benzene rings is 1. The van der Waals surface area contributed by atoms with E-state index >= 15 is 0 Å². The van der Waals surface area contributed by atoms with E-state index in [1.54, 1.807) is 0 Å². The number of aryl methyl sites for hydroxylation is 1. The molecule has 0 spiro atoms. The van der Waals surface area contributed by atoms with Crippen LogP contribution in [-0.4, -0.2) is 0 Å². The zero-order valence-corrected chi connectivity index (χ0v) is 7.11. The Morgan fingerprint density at radius 2 is 2.18 bits per heavy atom. The van der Waals surface area contributed by atoms with E-state index in [0.29, 0.717) is 0 Å². The highest BCUT2D eigenvalue weighted by molar-refractivity contribution is 6.33. The lowest BCUT2D eigenvalue weighted by Crippen LogP contribution is -1.77. The van der Waals surface area contributed by atoms with E-state index in [1.807, 2.05) is 12.1 Å². The summed E-state index contributed by atoms with van der Waals surface area (Å²) in [6.07, 6.45) is 2.23. The Labute approximate surface area is 70.9 Å². The van der Waals surface area contributed by atoms with E-state index < -0.39 is 0 Å². The molecule has 1 heterocycles. The molecule has 0 amide bonds. The maximum absolute atomic E-state index is 5.81. The first kappa shape index (κ1) is 6.99. The van der Waals surface area contributed by atoms with Crippen LogP contribution in [0.5, 0.6) is 11.5 Å². The second-order valence-electron chi connectivity index (χ2n) is 2.72. The fourth-order valence-corrected chi connectivity index (χ4v) is 1.42. The van der Waals surface area contributed by atoms with E-state index in [1.165, 1.54) is 5.56 Å². The van der Waals surface area contributed by atoms with Crippen molar-refractivity contribution in [2.24, 2.45) is 0 Å². The predicted octanol–water partition coefficient (Wildman–Crippen LogP) is 3.40. The van der Waals surface area contributed by atoms with Gasteiger partial charge in [-0.1, -0.05) is 31.0 Å². The highest BCUT2D eigenvalue weighted by atomic mass is 35.5. The molecule has 1 aliphatic rings. The van der Waals surface area contributed by atoms with Crippen molar-refractivity contribution in [3.63, 3.8) is 0 Å². The molecular formula is C9H9ClO. The molecular weight excluding hydrogens is 160 g/mol. The molecule has 2 rings (SSSR count). The minimum atomic E-state index is 0.736. The zero-order valence-electron chi connectivity index (χ0n) is 6.36. The van der Waals surface area contributed by atoms with Gasteiger partial charge in [0.05, 0.1) is 5.02 Å². The van der Waals surface area contributed by atoms with Crippen molar-refractivity contribution in [3.05, 3.63) is 22.7 Å². The molecule has 1 aliphatic heterocycles. The zero-order chi connectivity index (χ0) is 7.84. The Kier molecular flexibility index (Phi) is 1.53. The van der Waals surface area contributed by atoms with E-state index in [0.717, 1.165) is 29.4 Å². The van der Waals surface area contributed by atoms with Gasteiger partial charge in [0.15, 0.2) is 11.5 Å². The highest BCUT2D eigenvalue weighted by Gasteiger charge is 2.27. The third-order valence-electron chi connectivity index (χ3n) is 1.83. The van der Waals surface area contributed by atoms with Gasteiger partial charge in [-0.15, -0.1) is 0 Å². The number of fused-ring (bicyclic) bond motifs is 1. The van der Waals surface area contributed by atoms with Crippen LogP contribution in [0.3, 0.4) is 0 Å². The second kappa shape index (κ2) is 2.42. The van der Waals surface area contributed by atoms with Gasteiger partial charge in [0, 0.05) is 0 Å². The van der Waals surface area contributed by atoms with Gasteiger partial charge >= 0.3 is 0 Å². The van der Waals surface area contributed by atoms with E-state index in [2.05, 4.69) is 6.92 Å². The molecule has 0 atom stereocenters. The van der Waals surface area contributed by atoms with Crippen molar-refractivity contribution in [1.29, 1.82) is 0 Å². The molecule has 0 bridgehead atoms. The molecule has 58 valence electrons. The molecule has 1 nitrogen and oxygen atoms in total. The maximum atomic E-state index is 5.81. The summed E-state index contributed by atoms with van der Waals surface area (Å²) in [5.41, 5.74) is 1.28. The summed E-state index contributed by atoms with van der Waals surface area (Å²) in [4.78, 5) is 0. The summed E-state index contributed by atoms with van der Waals surface area (Å²) in [5.74, 6) is 1.90. The van der Waals surface area contributed by atoms with Gasteiger partial charge < -0.3 is 4.74 Å². The van der Waals surface area contributed by atoms with Gasteiger partial charge in [0.2, 0.25) is 0 Å².